The molecule has 0 unspecified atom stereocenters. The molecule has 1 N–H and O–H groups in total. The minimum Gasteiger partial charge on any atom is -0.331 e. The van der Waals surface area contributed by atoms with Crippen LogP contribution >= 0.6 is 0 Å². The van der Waals surface area contributed by atoms with Gasteiger partial charge in [-0.1, -0.05) is 6.42 Å². The fourth-order valence-corrected chi connectivity index (χ4v) is 3.26. The van der Waals surface area contributed by atoms with E-state index in [1.807, 2.05) is 20.0 Å². The molecular weight excluding hydrogens is 290 g/mol. The Kier molecular flexibility index (Phi) is 4.80. The molecule has 1 saturated carbocycles. The summed E-state index contributed by atoms with van der Waals surface area (Å²) < 4.78 is 0. The minimum absolute atomic E-state index is 0.00588. The number of piperidine rings is 1. The fraction of sp³-hybridized carbons (Fsp3) is 0.706. The Labute approximate surface area is 138 Å². The van der Waals surface area contributed by atoms with Crippen molar-refractivity contribution in [3.8, 4) is 0 Å². The first kappa shape index (κ1) is 16.2. The van der Waals surface area contributed by atoms with Gasteiger partial charge in [-0.25, -0.2) is 14.8 Å². The SMILES string of the molecule is C[C@@H](c1ccncn1)N(C)C(=O)NC1(CN2CCCCC2)CC1. The molecule has 2 aliphatic rings. The van der Waals surface area contributed by atoms with E-state index in [1.165, 1.54) is 38.7 Å². The fourth-order valence-electron chi connectivity index (χ4n) is 3.26. The second-order valence-corrected chi connectivity index (χ2v) is 6.97. The van der Waals surface area contributed by atoms with Crippen LogP contribution in [0.25, 0.3) is 0 Å². The van der Waals surface area contributed by atoms with Gasteiger partial charge in [-0.2, -0.15) is 0 Å². The van der Waals surface area contributed by atoms with E-state index in [0.29, 0.717) is 0 Å². The zero-order chi connectivity index (χ0) is 16.3. The summed E-state index contributed by atoms with van der Waals surface area (Å²) in [7, 11) is 1.83. The van der Waals surface area contributed by atoms with Crippen molar-refractivity contribution in [2.45, 2.75) is 50.6 Å². The lowest BCUT2D eigenvalue weighted by atomic mass is 10.1. The van der Waals surface area contributed by atoms with Crippen LogP contribution in [0, 0.1) is 0 Å². The van der Waals surface area contributed by atoms with E-state index in [0.717, 1.165) is 25.1 Å². The van der Waals surface area contributed by atoms with Crippen LogP contribution in [0.3, 0.4) is 0 Å². The molecule has 1 aromatic heterocycles. The summed E-state index contributed by atoms with van der Waals surface area (Å²) in [5.74, 6) is 0. The van der Waals surface area contributed by atoms with Gasteiger partial charge in [0.05, 0.1) is 17.3 Å². The molecule has 6 heteroatoms. The predicted molar refractivity (Wildman–Crippen MR) is 89.0 cm³/mol. The number of urea groups is 1. The van der Waals surface area contributed by atoms with Crippen LogP contribution in [0.2, 0.25) is 0 Å². The highest BCUT2D eigenvalue weighted by Gasteiger charge is 2.46. The second kappa shape index (κ2) is 6.83. The van der Waals surface area contributed by atoms with Crippen molar-refractivity contribution in [3.63, 3.8) is 0 Å². The van der Waals surface area contributed by atoms with Gasteiger partial charge in [0.2, 0.25) is 0 Å². The number of aromatic nitrogens is 2. The van der Waals surface area contributed by atoms with Crippen LogP contribution in [-0.2, 0) is 0 Å². The minimum atomic E-state index is -0.0659. The molecule has 2 heterocycles. The van der Waals surface area contributed by atoms with Gasteiger partial charge in [0.25, 0.3) is 0 Å². The van der Waals surface area contributed by atoms with Crippen molar-refractivity contribution in [1.82, 2.24) is 25.1 Å². The molecule has 126 valence electrons. The van der Waals surface area contributed by atoms with E-state index in [4.69, 9.17) is 0 Å². The smallest absolute Gasteiger partial charge is 0.318 e. The molecule has 3 rings (SSSR count). The number of nitrogens with zero attached hydrogens (tertiary/aromatic N) is 4. The molecule has 6 nitrogen and oxygen atoms in total. The molecule has 2 amide bonds. The number of amides is 2. The highest BCUT2D eigenvalue weighted by atomic mass is 16.2. The predicted octanol–water partition coefficient (Wildman–Crippen LogP) is 2.20. The third kappa shape index (κ3) is 3.99. The molecule has 1 aliphatic carbocycles. The Morgan fingerprint density at radius 3 is 2.74 bits per heavy atom. The molecule has 0 spiro atoms. The van der Waals surface area contributed by atoms with E-state index in [-0.39, 0.29) is 17.6 Å². The Bertz CT molecular complexity index is 525. The van der Waals surface area contributed by atoms with Gasteiger partial charge in [0, 0.05) is 19.8 Å². The van der Waals surface area contributed by atoms with Gasteiger partial charge in [-0.3, -0.25) is 0 Å². The molecule has 0 radical (unpaired) electrons. The number of hydrogen-bond donors (Lipinski definition) is 1. The molecule has 0 aromatic carbocycles. The van der Waals surface area contributed by atoms with Gasteiger partial charge in [-0.05, 0) is 51.8 Å². The maximum atomic E-state index is 12.6. The van der Waals surface area contributed by atoms with E-state index in [9.17, 15) is 4.79 Å². The average Bonchev–Trinajstić information content (AvgIpc) is 3.34. The number of likely N-dealkylation sites (tertiary alicyclic amines) is 1. The Balaban J connectivity index is 1.55. The van der Waals surface area contributed by atoms with Crippen molar-refractivity contribution < 1.29 is 4.79 Å². The molecule has 1 atom stereocenters. The van der Waals surface area contributed by atoms with E-state index in [2.05, 4.69) is 20.2 Å². The molecule has 1 saturated heterocycles. The van der Waals surface area contributed by atoms with Gasteiger partial charge in [0.15, 0.2) is 0 Å². The quantitative estimate of drug-likeness (QED) is 0.904. The van der Waals surface area contributed by atoms with Crippen LogP contribution in [0.1, 0.15) is 50.8 Å². The molecule has 2 fully saturated rings. The van der Waals surface area contributed by atoms with Crippen LogP contribution in [-0.4, -0.2) is 58.0 Å². The third-order valence-corrected chi connectivity index (χ3v) is 5.13. The van der Waals surface area contributed by atoms with Crippen LogP contribution in [0.15, 0.2) is 18.6 Å². The molecule has 1 aliphatic heterocycles. The monoisotopic (exact) mass is 317 g/mol. The zero-order valence-corrected chi connectivity index (χ0v) is 14.2. The Morgan fingerprint density at radius 1 is 1.39 bits per heavy atom. The van der Waals surface area contributed by atoms with Gasteiger partial charge in [0.1, 0.15) is 6.33 Å². The van der Waals surface area contributed by atoms with Crippen molar-refractivity contribution in [3.05, 3.63) is 24.3 Å². The summed E-state index contributed by atoms with van der Waals surface area (Å²) in [5, 5.41) is 3.27. The summed E-state index contributed by atoms with van der Waals surface area (Å²) in [6.07, 6.45) is 9.33. The highest BCUT2D eigenvalue weighted by molar-refractivity contribution is 5.75. The van der Waals surface area contributed by atoms with Crippen LogP contribution in [0.5, 0.6) is 0 Å². The number of hydrogen-bond acceptors (Lipinski definition) is 4. The van der Waals surface area contributed by atoms with Gasteiger partial charge < -0.3 is 15.1 Å². The van der Waals surface area contributed by atoms with E-state index < -0.39 is 0 Å². The molecular formula is C17H27N5O. The standard InChI is InChI=1S/C17H27N5O/c1-14(15-6-9-18-13-19-15)21(2)16(23)20-17(7-8-17)12-22-10-4-3-5-11-22/h6,9,13-14H,3-5,7-8,10-12H2,1-2H3,(H,20,23)/t14-/m0/s1. The average molecular weight is 317 g/mol. The molecule has 23 heavy (non-hydrogen) atoms. The maximum absolute atomic E-state index is 12.6. The summed E-state index contributed by atoms with van der Waals surface area (Å²) >= 11 is 0. The first-order valence-electron chi connectivity index (χ1n) is 8.63. The number of rotatable bonds is 5. The lowest BCUT2D eigenvalue weighted by Crippen LogP contribution is -2.51. The summed E-state index contributed by atoms with van der Waals surface area (Å²) in [4.78, 5) is 25.0. The maximum Gasteiger partial charge on any atom is 0.318 e. The first-order valence-corrected chi connectivity index (χ1v) is 8.63. The number of carbonyl (C=O) groups is 1. The van der Waals surface area contributed by atoms with Crippen LogP contribution < -0.4 is 5.32 Å². The van der Waals surface area contributed by atoms with Crippen molar-refractivity contribution >= 4 is 6.03 Å². The van der Waals surface area contributed by atoms with E-state index in [1.54, 1.807) is 11.1 Å². The normalized spacial score (nSPS) is 21.5. The topological polar surface area (TPSA) is 61.4 Å². The lowest BCUT2D eigenvalue weighted by Gasteiger charge is -2.33. The third-order valence-electron chi connectivity index (χ3n) is 5.13. The number of carbonyl (C=O) groups excluding carboxylic acids is 1. The van der Waals surface area contributed by atoms with Crippen molar-refractivity contribution in [1.29, 1.82) is 0 Å². The Morgan fingerprint density at radius 2 is 2.13 bits per heavy atom. The second-order valence-electron chi connectivity index (χ2n) is 6.97. The Hall–Kier alpha value is -1.69. The van der Waals surface area contributed by atoms with Crippen molar-refractivity contribution in [2.24, 2.45) is 0 Å². The zero-order valence-electron chi connectivity index (χ0n) is 14.2. The number of nitrogens with one attached hydrogen (secondary N) is 1. The molecule has 1 aromatic rings. The summed E-state index contributed by atoms with van der Waals surface area (Å²) in [6, 6.07) is 1.78. The van der Waals surface area contributed by atoms with E-state index >= 15 is 0 Å². The molecule has 0 bridgehead atoms. The van der Waals surface area contributed by atoms with Gasteiger partial charge >= 0.3 is 6.03 Å². The summed E-state index contributed by atoms with van der Waals surface area (Å²) in [6.45, 7) is 5.33. The van der Waals surface area contributed by atoms with Crippen LogP contribution in [0.4, 0.5) is 4.79 Å². The lowest BCUT2D eigenvalue weighted by molar-refractivity contribution is 0.170. The first-order chi connectivity index (χ1) is 11.1. The summed E-state index contributed by atoms with van der Waals surface area (Å²) in [5.41, 5.74) is 0.854. The highest BCUT2D eigenvalue weighted by Crippen LogP contribution is 2.37. The van der Waals surface area contributed by atoms with Gasteiger partial charge in [-0.15, -0.1) is 0 Å². The van der Waals surface area contributed by atoms with Crippen molar-refractivity contribution in [2.75, 3.05) is 26.7 Å². The largest absolute Gasteiger partial charge is 0.331 e.